The molecule has 17 heavy (non-hydrogen) atoms. The quantitative estimate of drug-likeness (QED) is 0.782. The highest BCUT2D eigenvalue weighted by molar-refractivity contribution is 5.70. The Kier molecular flexibility index (Phi) is 4.95. The van der Waals surface area contributed by atoms with Crippen LogP contribution in [0.5, 0.6) is 0 Å². The number of anilines is 1. The molecule has 90 valence electrons. The Morgan fingerprint density at radius 2 is 2.41 bits per heavy atom. The molecule has 1 heterocycles. The number of pyridine rings is 1. The minimum absolute atomic E-state index is 0.258. The SMILES string of the molecule is CCOC(=O)CCNc1nccc(C)c1C#N. The lowest BCUT2D eigenvalue weighted by atomic mass is 10.1. The van der Waals surface area contributed by atoms with Gasteiger partial charge in [-0.15, -0.1) is 0 Å². The highest BCUT2D eigenvalue weighted by atomic mass is 16.5. The lowest BCUT2D eigenvalue weighted by molar-refractivity contribution is -0.142. The molecule has 0 aliphatic carbocycles. The molecular formula is C12H15N3O2. The third-order valence-corrected chi connectivity index (χ3v) is 2.20. The molecule has 1 rings (SSSR count). The summed E-state index contributed by atoms with van der Waals surface area (Å²) < 4.78 is 4.80. The predicted molar refractivity (Wildman–Crippen MR) is 63.4 cm³/mol. The average molecular weight is 233 g/mol. The van der Waals surface area contributed by atoms with Gasteiger partial charge in [-0.2, -0.15) is 5.26 Å². The third kappa shape index (κ3) is 3.76. The number of ether oxygens (including phenoxy) is 1. The Labute approximate surface area is 100 Å². The van der Waals surface area contributed by atoms with Gasteiger partial charge in [0.05, 0.1) is 18.6 Å². The molecule has 1 aromatic rings. The molecule has 0 bridgehead atoms. The van der Waals surface area contributed by atoms with Crippen LogP contribution in [0.25, 0.3) is 0 Å². The van der Waals surface area contributed by atoms with E-state index >= 15 is 0 Å². The molecule has 5 heteroatoms. The van der Waals surface area contributed by atoms with Gasteiger partial charge in [-0.05, 0) is 25.5 Å². The fraction of sp³-hybridized carbons (Fsp3) is 0.417. The first-order chi connectivity index (χ1) is 8.19. The fourth-order valence-electron chi connectivity index (χ4n) is 1.35. The molecule has 0 saturated heterocycles. The number of nitrogens with one attached hydrogen (secondary N) is 1. The first-order valence-electron chi connectivity index (χ1n) is 5.44. The Morgan fingerprint density at radius 3 is 3.06 bits per heavy atom. The highest BCUT2D eigenvalue weighted by Crippen LogP contribution is 2.14. The largest absolute Gasteiger partial charge is 0.466 e. The first-order valence-corrected chi connectivity index (χ1v) is 5.44. The number of nitrogens with zero attached hydrogens (tertiary/aromatic N) is 2. The standard InChI is InChI=1S/C12H15N3O2/c1-3-17-11(16)5-7-15-12-10(8-13)9(2)4-6-14-12/h4,6H,3,5,7H2,1-2H3,(H,14,15). The number of rotatable bonds is 5. The number of esters is 1. The van der Waals surface area contributed by atoms with Gasteiger partial charge in [0.25, 0.3) is 0 Å². The van der Waals surface area contributed by atoms with Gasteiger partial charge in [-0.3, -0.25) is 4.79 Å². The maximum absolute atomic E-state index is 11.1. The summed E-state index contributed by atoms with van der Waals surface area (Å²) in [6.45, 7) is 4.40. The second-order valence-corrected chi connectivity index (χ2v) is 3.45. The van der Waals surface area contributed by atoms with Gasteiger partial charge < -0.3 is 10.1 Å². The third-order valence-electron chi connectivity index (χ3n) is 2.20. The van der Waals surface area contributed by atoms with Crippen LogP contribution in [0, 0.1) is 18.3 Å². The van der Waals surface area contributed by atoms with Gasteiger partial charge in [0.2, 0.25) is 0 Å². The topological polar surface area (TPSA) is 75.0 Å². The molecule has 0 aromatic carbocycles. The summed E-state index contributed by atoms with van der Waals surface area (Å²) in [7, 11) is 0. The molecule has 0 unspecified atom stereocenters. The van der Waals surface area contributed by atoms with Gasteiger partial charge in [0.1, 0.15) is 11.9 Å². The normalized spacial score (nSPS) is 9.47. The number of nitriles is 1. The number of hydrogen-bond acceptors (Lipinski definition) is 5. The lowest BCUT2D eigenvalue weighted by Crippen LogP contribution is -2.12. The van der Waals surface area contributed by atoms with Crippen molar-refractivity contribution in [1.29, 1.82) is 5.26 Å². The number of carbonyl (C=O) groups excluding carboxylic acids is 1. The molecule has 0 atom stereocenters. The predicted octanol–water partition coefficient (Wildman–Crippen LogP) is 1.63. The maximum Gasteiger partial charge on any atom is 0.307 e. The minimum Gasteiger partial charge on any atom is -0.466 e. The van der Waals surface area contributed by atoms with E-state index in [0.717, 1.165) is 5.56 Å². The van der Waals surface area contributed by atoms with Gasteiger partial charge in [0.15, 0.2) is 0 Å². The van der Waals surface area contributed by atoms with Crippen molar-refractivity contribution < 1.29 is 9.53 Å². The van der Waals surface area contributed by atoms with E-state index in [1.165, 1.54) is 0 Å². The van der Waals surface area contributed by atoms with Crippen LogP contribution < -0.4 is 5.32 Å². The van der Waals surface area contributed by atoms with E-state index in [0.29, 0.717) is 24.5 Å². The molecule has 0 fully saturated rings. The van der Waals surface area contributed by atoms with Gasteiger partial charge >= 0.3 is 5.97 Å². The van der Waals surface area contributed by atoms with Crippen LogP contribution in [-0.2, 0) is 9.53 Å². The molecule has 0 aliphatic rings. The van der Waals surface area contributed by atoms with Crippen LogP contribution in [0.4, 0.5) is 5.82 Å². The Bertz CT molecular complexity index is 438. The van der Waals surface area contributed by atoms with E-state index in [-0.39, 0.29) is 12.4 Å². The fourth-order valence-corrected chi connectivity index (χ4v) is 1.35. The van der Waals surface area contributed by atoms with Gasteiger partial charge in [-0.25, -0.2) is 4.98 Å². The summed E-state index contributed by atoms with van der Waals surface area (Å²) in [5, 5.41) is 11.9. The second-order valence-electron chi connectivity index (χ2n) is 3.45. The Balaban J connectivity index is 2.56. The van der Waals surface area contributed by atoms with Crippen molar-refractivity contribution in [1.82, 2.24) is 4.98 Å². The van der Waals surface area contributed by atoms with Crippen LogP contribution >= 0.6 is 0 Å². The zero-order valence-electron chi connectivity index (χ0n) is 9.99. The lowest BCUT2D eigenvalue weighted by Gasteiger charge is -2.08. The Hall–Kier alpha value is -2.09. The molecule has 0 amide bonds. The second kappa shape index (κ2) is 6.48. The summed E-state index contributed by atoms with van der Waals surface area (Å²) in [6.07, 6.45) is 1.89. The van der Waals surface area contributed by atoms with Crippen LogP contribution in [0.1, 0.15) is 24.5 Å². The van der Waals surface area contributed by atoms with Crippen molar-refractivity contribution in [2.75, 3.05) is 18.5 Å². The number of carbonyl (C=O) groups is 1. The molecule has 1 aromatic heterocycles. The monoisotopic (exact) mass is 233 g/mol. The van der Waals surface area contributed by atoms with E-state index in [9.17, 15) is 4.79 Å². The maximum atomic E-state index is 11.1. The van der Waals surface area contributed by atoms with E-state index < -0.39 is 0 Å². The van der Waals surface area contributed by atoms with Gasteiger partial charge in [-0.1, -0.05) is 0 Å². The van der Waals surface area contributed by atoms with Crippen molar-refractivity contribution in [3.8, 4) is 6.07 Å². The molecular weight excluding hydrogens is 218 g/mol. The summed E-state index contributed by atoms with van der Waals surface area (Å²) in [6, 6.07) is 3.86. The van der Waals surface area contributed by atoms with E-state index in [1.54, 1.807) is 19.2 Å². The molecule has 1 N–H and O–H groups in total. The van der Waals surface area contributed by atoms with Crippen molar-refractivity contribution in [3.05, 3.63) is 23.4 Å². The van der Waals surface area contributed by atoms with Gasteiger partial charge in [0, 0.05) is 12.7 Å². The van der Waals surface area contributed by atoms with Crippen LogP contribution in [0.15, 0.2) is 12.3 Å². The van der Waals surface area contributed by atoms with E-state index in [1.807, 2.05) is 6.92 Å². The van der Waals surface area contributed by atoms with Crippen LogP contribution in [0.2, 0.25) is 0 Å². The molecule has 0 spiro atoms. The smallest absolute Gasteiger partial charge is 0.307 e. The zero-order valence-corrected chi connectivity index (χ0v) is 9.99. The van der Waals surface area contributed by atoms with Crippen molar-refractivity contribution in [2.24, 2.45) is 0 Å². The van der Waals surface area contributed by atoms with E-state index in [2.05, 4.69) is 16.4 Å². The summed E-state index contributed by atoms with van der Waals surface area (Å²) in [5.74, 6) is 0.253. The van der Waals surface area contributed by atoms with Crippen LogP contribution in [-0.4, -0.2) is 24.1 Å². The number of hydrogen-bond donors (Lipinski definition) is 1. The first kappa shape index (κ1) is 13.0. The number of aryl methyl sites for hydroxylation is 1. The average Bonchev–Trinajstić information content (AvgIpc) is 2.29. The molecule has 0 saturated carbocycles. The summed E-state index contributed by atoms with van der Waals surface area (Å²) in [4.78, 5) is 15.2. The molecule has 0 radical (unpaired) electrons. The molecule has 5 nitrogen and oxygen atoms in total. The highest BCUT2D eigenvalue weighted by Gasteiger charge is 2.07. The Morgan fingerprint density at radius 1 is 1.65 bits per heavy atom. The minimum atomic E-state index is -0.258. The van der Waals surface area contributed by atoms with Crippen LogP contribution in [0.3, 0.4) is 0 Å². The van der Waals surface area contributed by atoms with E-state index in [4.69, 9.17) is 10.00 Å². The molecule has 0 aliphatic heterocycles. The zero-order chi connectivity index (χ0) is 12.7. The summed E-state index contributed by atoms with van der Waals surface area (Å²) >= 11 is 0. The number of aromatic nitrogens is 1. The van der Waals surface area contributed by atoms with Crippen molar-refractivity contribution in [3.63, 3.8) is 0 Å². The summed E-state index contributed by atoms with van der Waals surface area (Å²) in [5.41, 5.74) is 1.37. The van der Waals surface area contributed by atoms with Crippen molar-refractivity contribution >= 4 is 11.8 Å². The van der Waals surface area contributed by atoms with Crippen molar-refractivity contribution in [2.45, 2.75) is 20.3 Å².